The number of aliphatic hydroxyl groups excluding tert-OH is 1. The average Bonchev–Trinajstić information content (AvgIpc) is 2.08. The summed E-state index contributed by atoms with van der Waals surface area (Å²) in [5, 5.41) is 24.7. The molecule has 1 rings (SSSR count). The predicted octanol–water partition coefficient (Wildman–Crippen LogP) is 1.29. The van der Waals surface area contributed by atoms with Crippen molar-refractivity contribution in [2.24, 2.45) is 0 Å². The van der Waals surface area contributed by atoms with Crippen LogP contribution in [0.4, 0.5) is 0 Å². The lowest BCUT2D eigenvalue weighted by Crippen LogP contribution is -2.07. The second-order valence-electron chi connectivity index (χ2n) is 2.53. The molecule has 0 saturated heterocycles. The highest BCUT2D eigenvalue weighted by Crippen LogP contribution is 2.24. The molecule has 0 spiro atoms. The highest BCUT2D eigenvalue weighted by Gasteiger charge is 2.17. The fraction of sp³-hybridized carbons (Fsp3) is 0.286. The molecule has 1 heterocycles. The van der Waals surface area contributed by atoms with Crippen LogP contribution in [0.15, 0.2) is 6.07 Å². The van der Waals surface area contributed by atoms with Crippen molar-refractivity contribution in [1.82, 2.24) is 10.2 Å². The molecule has 0 aliphatic rings. The van der Waals surface area contributed by atoms with E-state index in [1.54, 1.807) is 0 Å². The van der Waals surface area contributed by atoms with E-state index < -0.39 is 18.5 Å². The normalized spacial score (nSPS) is 12.5. The quantitative estimate of drug-likeness (QED) is 0.827. The van der Waals surface area contributed by atoms with Crippen LogP contribution in [0.2, 0.25) is 10.3 Å². The molecule has 0 bridgehead atoms. The zero-order valence-corrected chi connectivity index (χ0v) is 8.33. The van der Waals surface area contributed by atoms with Gasteiger partial charge in [0.15, 0.2) is 10.3 Å². The van der Waals surface area contributed by atoms with Gasteiger partial charge in [0, 0.05) is 5.56 Å². The van der Waals surface area contributed by atoms with Gasteiger partial charge >= 0.3 is 5.97 Å². The van der Waals surface area contributed by atoms with Crippen LogP contribution >= 0.6 is 23.2 Å². The second kappa shape index (κ2) is 4.54. The Morgan fingerprint density at radius 1 is 1.50 bits per heavy atom. The molecule has 0 amide bonds. The zero-order chi connectivity index (χ0) is 10.7. The van der Waals surface area contributed by atoms with Gasteiger partial charge in [-0.15, -0.1) is 10.2 Å². The van der Waals surface area contributed by atoms with Gasteiger partial charge in [0.05, 0.1) is 12.5 Å². The maximum absolute atomic E-state index is 10.3. The van der Waals surface area contributed by atoms with E-state index in [-0.39, 0.29) is 15.9 Å². The number of hydrogen-bond donors (Lipinski definition) is 2. The second-order valence-corrected chi connectivity index (χ2v) is 3.27. The van der Waals surface area contributed by atoms with Crippen molar-refractivity contribution in [3.63, 3.8) is 0 Å². The number of halogens is 2. The first-order valence-electron chi connectivity index (χ1n) is 3.59. The van der Waals surface area contributed by atoms with Crippen molar-refractivity contribution in [2.75, 3.05) is 0 Å². The molecule has 0 aromatic carbocycles. The Morgan fingerprint density at radius 3 is 2.71 bits per heavy atom. The molecule has 1 atom stereocenters. The summed E-state index contributed by atoms with van der Waals surface area (Å²) < 4.78 is 0. The van der Waals surface area contributed by atoms with Crippen LogP contribution in [-0.2, 0) is 4.79 Å². The lowest BCUT2D eigenvalue weighted by atomic mass is 10.1. The minimum Gasteiger partial charge on any atom is -0.481 e. The number of aliphatic carboxylic acids is 1. The molecule has 0 saturated carbocycles. The monoisotopic (exact) mass is 236 g/mol. The van der Waals surface area contributed by atoms with Gasteiger partial charge in [-0.2, -0.15) is 0 Å². The lowest BCUT2D eigenvalue weighted by molar-refractivity contribution is -0.139. The maximum Gasteiger partial charge on any atom is 0.306 e. The molecule has 76 valence electrons. The first kappa shape index (κ1) is 11.2. The van der Waals surface area contributed by atoms with E-state index >= 15 is 0 Å². The molecule has 0 aliphatic carbocycles. The molecule has 0 fully saturated rings. The molecule has 2 N–H and O–H groups in total. The first-order valence-corrected chi connectivity index (χ1v) is 4.34. The number of aliphatic hydroxyl groups is 1. The Bertz CT molecular complexity index is 359. The Labute approximate surface area is 89.3 Å². The number of nitrogens with zero attached hydrogens (tertiary/aromatic N) is 2. The van der Waals surface area contributed by atoms with Crippen molar-refractivity contribution in [1.29, 1.82) is 0 Å². The molecule has 0 radical (unpaired) electrons. The Kier molecular flexibility index (Phi) is 3.62. The summed E-state index contributed by atoms with van der Waals surface area (Å²) in [6, 6.07) is 1.28. The first-order chi connectivity index (χ1) is 6.50. The lowest BCUT2D eigenvalue weighted by Gasteiger charge is -2.08. The summed E-state index contributed by atoms with van der Waals surface area (Å²) in [4.78, 5) is 10.3. The van der Waals surface area contributed by atoms with E-state index in [2.05, 4.69) is 10.2 Å². The van der Waals surface area contributed by atoms with Crippen LogP contribution < -0.4 is 0 Å². The molecule has 5 nitrogen and oxygen atoms in total. The summed E-state index contributed by atoms with van der Waals surface area (Å²) in [6.45, 7) is 0. The third kappa shape index (κ3) is 2.80. The fourth-order valence-electron chi connectivity index (χ4n) is 0.875. The van der Waals surface area contributed by atoms with Gasteiger partial charge in [0.2, 0.25) is 0 Å². The molecule has 14 heavy (non-hydrogen) atoms. The van der Waals surface area contributed by atoms with Crippen molar-refractivity contribution in [3.8, 4) is 0 Å². The highest BCUT2D eigenvalue weighted by atomic mass is 35.5. The minimum absolute atomic E-state index is 0.0499. The number of hydrogen-bond acceptors (Lipinski definition) is 4. The third-order valence-corrected chi connectivity index (χ3v) is 1.95. The summed E-state index contributed by atoms with van der Waals surface area (Å²) in [6.07, 6.45) is -1.69. The van der Waals surface area contributed by atoms with Crippen molar-refractivity contribution in [3.05, 3.63) is 21.9 Å². The van der Waals surface area contributed by atoms with Gasteiger partial charge in [-0.1, -0.05) is 23.2 Å². The largest absolute Gasteiger partial charge is 0.481 e. The fourth-order valence-corrected chi connectivity index (χ4v) is 1.25. The molecular weight excluding hydrogens is 231 g/mol. The smallest absolute Gasteiger partial charge is 0.306 e. The number of aromatic nitrogens is 2. The average molecular weight is 237 g/mol. The molecule has 1 aromatic rings. The number of rotatable bonds is 3. The van der Waals surface area contributed by atoms with Crippen LogP contribution in [0.3, 0.4) is 0 Å². The molecule has 1 aromatic heterocycles. The predicted molar refractivity (Wildman–Crippen MR) is 49.3 cm³/mol. The Hall–Kier alpha value is -0.910. The van der Waals surface area contributed by atoms with Crippen LogP contribution in [0.5, 0.6) is 0 Å². The topological polar surface area (TPSA) is 83.3 Å². The van der Waals surface area contributed by atoms with Crippen LogP contribution in [0, 0.1) is 0 Å². The SMILES string of the molecule is O=C(O)C[C@H](O)c1cc(Cl)nnc1Cl. The van der Waals surface area contributed by atoms with E-state index in [0.29, 0.717) is 0 Å². The summed E-state index contributed by atoms with van der Waals surface area (Å²) >= 11 is 11.1. The molecule has 0 unspecified atom stereocenters. The summed E-state index contributed by atoms with van der Waals surface area (Å²) in [5.74, 6) is -1.14. The van der Waals surface area contributed by atoms with Gasteiger partial charge < -0.3 is 10.2 Å². The van der Waals surface area contributed by atoms with Gasteiger partial charge in [0.25, 0.3) is 0 Å². The van der Waals surface area contributed by atoms with E-state index in [1.165, 1.54) is 6.07 Å². The van der Waals surface area contributed by atoms with Gasteiger partial charge in [-0.25, -0.2) is 0 Å². The standard InChI is InChI=1S/C7H6Cl2N2O3/c8-5-1-3(7(9)11-10-5)4(12)2-6(13)14/h1,4,12H,2H2,(H,13,14)/t4-/m0/s1. The number of carboxylic acid groups (broad SMARTS) is 1. The number of carboxylic acids is 1. The van der Waals surface area contributed by atoms with Crippen molar-refractivity contribution >= 4 is 29.2 Å². The molecular formula is C7H6Cl2N2O3. The van der Waals surface area contributed by atoms with Gasteiger partial charge in [-0.3, -0.25) is 4.79 Å². The van der Waals surface area contributed by atoms with Crippen LogP contribution in [0.25, 0.3) is 0 Å². The summed E-state index contributed by atoms with van der Waals surface area (Å²) in [5.41, 5.74) is 0.161. The Morgan fingerprint density at radius 2 is 2.14 bits per heavy atom. The van der Waals surface area contributed by atoms with Gasteiger partial charge in [-0.05, 0) is 6.07 Å². The van der Waals surface area contributed by atoms with E-state index in [0.717, 1.165) is 0 Å². The number of carbonyl (C=O) groups is 1. The minimum atomic E-state index is -1.23. The third-order valence-electron chi connectivity index (χ3n) is 1.47. The summed E-state index contributed by atoms with van der Waals surface area (Å²) in [7, 11) is 0. The van der Waals surface area contributed by atoms with E-state index in [4.69, 9.17) is 28.3 Å². The van der Waals surface area contributed by atoms with Crippen molar-refractivity contribution in [2.45, 2.75) is 12.5 Å². The molecule has 7 heteroatoms. The Balaban J connectivity index is 2.93. The van der Waals surface area contributed by atoms with Gasteiger partial charge in [0.1, 0.15) is 0 Å². The van der Waals surface area contributed by atoms with E-state index in [1.807, 2.05) is 0 Å². The van der Waals surface area contributed by atoms with Crippen molar-refractivity contribution < 1.29 is 15.0 Å². The molecule has 0 aliphatic heterocycles. The highest BCUT2D eigenvalue weighted by molar-refractivity contribution is 6.31. The van der Waals surface area contributed by atoms with Crippen LogP contribution in [0.1, 0.15) is 18.1 Å². The van der Waals surface area contributed by atoms with Crippen LogP contribution in [-0.4, -0.2) is 26.4 Å². The zero-order valence-electron chi connectivity index (χ0n) is 6.81. The maximum atomic E-state index is 10.3. The van der Waals surface area contributed by atoms with E-state index in [9.17, 15) is 9.90 Å².